The van der Waals surface area contributed by atoms with Gasteiger partial charge in [0.2, 0.25) is 0 Å². The van der Waals surface area contributed by atoms with Crippen molar-refractivity contribution < 1.29 is 0 Å². The highest BCUT2D eigenvalue weighted by Crippen LogP contribution is 2.54. The minimum absolute atomic E-state index is 0.0720. The number of hydrogen-bond acceptors (Lipinski definition) is 1. The lowest BCUT2D eigenvalue weighted by molar-refractivity contribution is 0.660. The molecule has 272 valence electrons. The van der Waals surface area contributed by atoms with Crippen LogP contribution in [-0.4, -0.2) is 0 Å². The first-order valence-corrected chi connectivity index (χ1v) is 20.2. The van der Waals surface area contributed by atoms with E-state index in [0.717, 1.165) is 17.1 Å². The number of hydrogen-bond donors (Lipinski definition) is 0. The first-order valence-electron chi connectivity index (χ1n) is 20.2. The fourth-order valence-corrected chi connectivity index (χ4v) is 9.93. The highest BCUT2D eigenvalue weighted by Gasteiger charge is 2.38. The van der Waals surface area contributed by atoms with Crippen molar-refractivity contribution in [1.29, 1.82) is 0 Å². The molecule has 0 saturated heterocycles. The Hall–Kier alpha value is -6.70. The highest BCUT2D eigenvalue weighted by molar-refractivity contribution is 5.96. The van der Waals surface area contributed by atoms with Gasteiger partial charge in [0.05, 0.1) is 0 Å². The lowest BCUT2D eigenvalue weighted by Gasteiger charge is -2.29. The minimum Gasteiger partial charge on any atom is -0.310 e. The van der Waals surface area contributed by atoms with Crippen LogP contribution in [0.1, 0.15) is 49.9 Å². The standard InChI is InChI=1S/C56H43N/c1-55(2)51-21-13-12-20-47(51)49-34-44(24-26-52(49)55)57(45-25-27-53-50(35-45)48-32-39-18-10-11-19-40(39)33-54(48)56(53,3)4)46-30-42(36-14-6-5-7-15-36)29-43(31-46)41-23-22-37-16-8-9-17-38(37)28-41/h5-35H,1-4H3. The third-order valence-corrected chi connectivity index (χ3v) is 13.0. The van der Waals surface area contributed by atoms with Crippen molar-refractivity contribution >= 4 is 38.6 Å². The van der Waals surface area contributed by atoms with Crippen LogP contribution in [0.25, 0.3) is 66.1 Å². The zero-order valence-electron chi connectivity index (χ0n) is 32.8. The van der Waals surface area contributed by atoms with Crippen LogP contribution in [0.3, 0.4) is 0 Å². The second-order valence-corrected chi connectivity index (χ2v) is 17.0. The summed E-state index contributed by atoms with van der Waals surface area (Å²) < 4.78 is 0. The molecule has 0 fully saturated rings. The van der Waals surface area contributed by atoms with Crippen molar-refractivity contribution in [1.82, 2.24) is 0 Å². The van der Waals surface area contributed by atoms with E-state index in [1.807, 2.05) is 0 Å². The van der Waals surface area contributed by atoms with E-state index in [4.69, 9.17) is 0 Å². The number of nitrogens with zero attached hydrogens (tertiary/aromatic N) is 1. The Bertz CT molecular complexity index is 3070. The van der Waals surface area contributed by atoms with Crippen LogP contribution >= 0.6 is 0 Å². The molecule has 0 radical (unpaired) electrons. The van der Waals surface area contributed by atoms with Crippen molar-refractivity contribution in [2.24, 2.45) is 0 Å². The summed E-state index contributed by atoms with van der Waals surface area (Å²) >= 11 is 0. The van der Waals surface area contributed by atoms with Crippen molar-refractivity contribution in [2.45, 2.75) is 38.5 Å². The van der Waals surface area contributed by atoms with E-state index in [1.54, 1.807) is 0 Å². The third kappa shape index (κ3) is 5.22. The summed E-state index contributed by atoms with van der Waals surface area (Å²) in [5, 5.41) is 5.06. The SMILES string of the molecule is CC1(C)c2ccccc2-c2cc(N(c3cc(-c4ccccc4)cc(-c4ccc5ccccc5c4)c3)c3ccc4c(c3)-c3cc5ccccc5cc3C4(C)C)ccc21. The van der Waals surface area contributed by atoms with Crippen molar-refractivity contribution in [3.63, 3.8) is 0 Å². The predicted octanol–water partition coefficient (Wildman–Crippen LogP) is 15.4. The van der Waals surface area contributed by atoms with Crippen LogP contribution in [0.4, 0.5) is 17.1 Å². The highest BCUT2D eigenvalue weighted by atomic mass is 15.1. The minimum atomic E-state index is -0.114. The molecule has 0 amide bonds. The topological polar surface area (TPSA) is 3.24 Å². The molecular formula is C56H43N. The van der Waals surface area contributed by atoms with Gasteiger partial charge in [0.15, 0.2) is 0 Å². The predicted molar refractivity (Wildman–Crippen MR) is 242 cm³/mol. The Kier molecular flexibility index (Phi) is 7.32. The van der Waals surface area contributed by atoms with Gasteiger partial charge in [-0.3, -0.25) is 0 Å². The second-order valence-electron chi connectivity index (χ2n) is 17.0. The van der Waals surface area contributed by atoms with Crippen LogP contribution in [0.15, 0.2) is 188 Å². The van der Waals surface area contributed by atoms with Crippen LogP contribution in [0.2, 0.25) is 0 Å². The number of rotatable bonds is 5. The molecule has 0 heterocycles. The molecule has 2 aliphatic carbocycles. The van der Waals surface area contributed by atoms with Crippen molar-refractivity contribution in [3.8, 4) is 44.5 Å². The van der Waals surface area contributed by atoms with E-state index >= 15 is 0 Å². The Morgan fingerprint density at radius 3 is 1.49 bits per heavy atom. The van der Waals surface area contributed by atoms with Gasteiger partial charge < -0.3 is 4.90 Å². The molecule has 0 saturated carbocycles. The molecule has 0 N–H and O–H groups in total. The fourth-order valence-electron chi connectivity index (χ4n) is 9.93. The molecule has 1 nitrogen and oxygen atoms in total. The maximum Gasteiger partial charge on any atom is 0.0473 e. The lowest BCUT2D eigenvalue weighted by Crippen LogP contribution is -2.16. The molecule has 11 rings (SSSR count). The van der Waals surface area contributed by atoms with E-state index in [1.165, 1.54) is 88.3 Å². The molecule has 0 bridgehead atoms. The molecule has 2 aliphatic rings. The summed E-state index contributed by atoms with van der Waals surface area (Å²) in [5.41, 5.74) is 18.8. The van der Waals surface area contributed by atoms with Crippen LogP contribution in [-0.2, 0) is 10.8 Å². The quantitative estimate of drug-likeness (QED) is 0.170. The summed E-state index contributed by atoms with van der Waals surface area (Å²) in [5.74, 6) is 0. The van der Waals surface area contributed by atoms with Crippen LogP contribution in [0, 0.1) is 0 Å². The normalized spacial score (nSPS) is 14.2. The summed E-state index contributed by atoms with van der Waals surface area (Å²) in [4.78, 5) is 2.50. The summed E-state index contributed by atoms with van der Waals surface area (Å²) in [7, 11) is 0. The molecule has 0 aromatic heterocycles. The molecule has 0 atom stereocenters. The third-order valence-electron chi connectivity index (χ3n) is 13.0. The van der Waals surface area contributed by atoms with Crippen molar-refractivity contribution in [2.75, 3.05) is 4.90 Å². The Labute approximate surface area is 335 Å². The van der Waals surface area contributed by atoms with Gasteiger partial charge >= 0.3 is 0 Å². The maximum atomic E-state index is 2.50. The van der Waals surface area contributed by atoms with Gasteiger partial charge in [-0.15, -0.1) is 0 Å². The molecule has 1 heteroatoms. The van der Waals surface area contributed by atoms with Crippen LogP contribution < -0.4 is 4.90 Å². The molecule has 57 heavy (non-hydrogen) atoms. The number of benzene rings is 9. The summed E-state index contributed by atoms with van der Waals surface area (Å²) in [6.07, 6.45) is 0. The molecule has 0 unspecified atom stereocenters. The van der Waals surface area contributed by atoms with Crippen molar-refractivity contribution in [3.05, 3.63) is 210 Å². The Balaban J connectivity index is 1.17. The molecule has 9 aromatic rings. The average molecular weight is 730 g/mol. The smallest absolute Gasteiger partial charge is 0.0473 e. The van der Waals surface area contributed by atoms with Gasteiger partial charge in [-0.25, -0.2) is 0 Å². The van der Waals surface area contributed by atoms with Gasteiger partial charge in [0.25, 0.3) is 0 Å². The zero-order chi connectivity index (χ0) is 38.5. The molecular weight excluding hydrogens is 687 g/mol. The van der Waals surface area contributed by atoms with Crippen LogP contribution in [0.5, 0.6) is 0 Å². The summed E-state index contributed by atoms with van der Waals surface area (Å²) in [6.45, 7) is 9.47. The number of anilines is 3. The van der Waals surface area contributed by atoms with Gasteiger partial charge in [-0.1, -0.05) is 155 Å². The van der Waals surface area contributed by atoms with E-state index in [9.17, 15) is 0 Å². The summed E-state index contributed by atoms with van der Waals surface area (Å²) in [6, 6.07) is 70.3. The average Bonchev–Trinajstić information content (AvgIpc) is 3.61. The van der Waals surface area contributed by atoms with E-state index < -0.39 is 0 Å². The Morgan fingerprint density at radius 1 is 0.281 bits per heavy atom. The van der Waals surface area contributed by atoms with E-state index in [2.05, 4.69) is 221 Å². The zero-order valence-corrected chi connectivity index (χ0v) is 32.8. The molecule has 9 aromatic carbocycles. The van der Waals surface area contributed by atoms with Gasteiger partial charge in [0, 0.05) is 27.9 Å². The van der Waals surface area contributed by atoms with Gasteiger partial charge in [-0.2, -0.15) is 0 Å². The monoisotopic (exact) mass is 729 g/mol. The first kappa shape index (κ1) is 33.6. The fraction of sp³-hybridized carbons (Fsp3) is 0.107. The van der Waals surface area contributed by atoms with E-state index in [-0.39, 0.29) is 10.8 Å². The van der Waals surface area contributed by atoms with E-state index in [0.29, 0.717) is 0 Å². The largest absolute Gasteiger partial charge is 0.310 e. The van der Waals surface area contributed by atoms with Gasteiger partial charge in [-0.05, 0) is 149 Å². The second kappa shape index (κ2) is 12.4. The lowest BCUT2D eigenvalue weighted by atomic mass is 9.82. The number of fused-ring (bicyclic) bond motifs is 8. The maximum absolute atomic E-state index is 2.50. The molecule has 0 spiro atoms. The Morgan fingerprint density at radius 2 is 0.789 bits per heavy atom. The van der Waals surface area contributed by atoms with Gasteiger partial charge in [0.1, 0.15) is 0 Å². The first-order chi connectivity index (χ1) is 27.7. The molecule has 0 aliphatic heterocycles.